The van der Waals surface area contributed by atoms with Crippen LogP contribution in [-0.2, 0) is 16.0 Å². The van der Waals surface area contributed by atoms with Gasteiger partial charge in [-0.1, -0.05) is 0 Å². The minimum Gasteiger partial charge on any atom is -0.466 e. The Balaban J connectivity index is 2.46. The maximum absolute atomic E-state index is 11.0. The van der Waals surface area contributed by atoms with Crippen LogP contribution in [0.3, 0.4) is 0 Å². The van der Waals surface area contributed by atoms with Gasteiger partial charge in [-0.2, -0.15) is 0 Å². The summed E-state index contributed by atoms with van der Waals surface area (Å²) < 4.78 is 5.74. The number of carbonyl (C=O) groups is 1. The monoisotopic (exact) mass is 297 g/mol. The van der Waals surface area contributed by atoms with Gasteiger partial charge >= 0.3 is 5.97 Å². The lowest BCUT2D eigenvalue weighted by Crippen LogP contribution is -2.06. The Morgan fingerprint density at radius 2 is 2.58 bits per heavy atom. The molecule has 1 aromatic rings. The van der Waals surface area contributed by atoms with E-state index in [0.29, 0.717) is 13.0 Å². The molecular formula is C7H8INO2S. The predicted molar refractivity (Wildman–Crippen MR) is 55.2 cm³/mol. The average molecular weight is 297 g/mol. The first-order chi connectivity index (χ1) is 5.72. The highest BCUT2D eigenvalue weighted by Crippen LogP contribution is 2.15. The van der Waals surface area contributed by atoms with E-state index in [0.717, 1.165) is 7.89 Å². The summed E-state index contributed by atoms with van der Waals surface area (Å²) in [6, 6.07) is 0. The van der Waals surface area contributed by atoms with E-state index in [1.165, 1.54) is 11.3 Å². The standard InChI is InChI=1S/C7H8INO2S/c1-2-11-6(10)3-5-4-9-7(8)12-5/h4H,2-3H2,1H3. The highest BCUT2D eigenvalue weighted by atomic mass is 127. The molecule has 0 unspecified atom stereocenters. The highest BCUT2D eigenvalue weighted by molar-refractivity contribution is 14.1. The summed E-state index contributed by atoms with van der Waals surface area (Å²) in [5.74, 6) is -0.183. The normalized spacial score (nSPS) is 9.83. The molecule has 3 nitrogen and oxygen atoms in total. The third-order valence-electron chi connectivity index (χ3n) is 1.15. The van der Waals surface area contributed by atoms with Gasteiger partial charge in [0.1, 0.15) is 0 Å². The second-order valence-corrected chi connectivity index (χ2v) is 4.93. The van der Waals surface area contributed by atoms with Gasteiger partial charge in [0.25, 0.3) is 0 Å². The topological polar surface area (TPSA) is 39.2 Å². The molecule has 0 radical (unpaired) electrons. The quantitative estimate of drug-likeness (QED) is 0.631. The maximum atomic E-state index is 11.0. The molecule has 0 fully saturated rings. The van der Waals surface area contributed by atoms with E-state index in [1.54, 1.807) is 13.1 Å². The second-order valence-electron chi connectivity index (χ2n) is 2.06. The largest absolute Gasteiger partial charge is 0.466 e. The van der Waals surface area contributed by atoms with E-state index in [-0.39, 0.29) is 5.97 Å². The Labute approximate surface area is 88.3 Å². The molecule has 0 N–H and O–H groups in total. The summed E-state index contributed by atoms with van der Waals surface area (Å²) in [5, 5.41) is 0. The van der Waals surface area contributed by atoms with Crippen molar-refractivity contribution in [1.29, 1.82) is 0 Å². The van der Waals surface area contributed by atoms with Gasteiger partial charge in [-0.3, -0.25) is 4.79 Å². The van der Waals surface area contributed by atoms with Crippen molar-refractivity contribution in [3.63, 3.8) is 0 Å². The summed E-state index contributed by atoms with van der Waals surface area (Å²) >= 11 is 3.64. The fraction of sp³-hybridized carbons (Fsp3) is 0.429. The van der Waals surface area contributed by atoms with Crippen molar-refractivity contribution in [2.75, 3.05) is 6.61 Å². The fourth-order valence-electron chi connectivity index (χ4n) is 0.720. The first-order valence-corrected chi connectivity index (χ1v) is 5.37. The maximum Gasteiger partial charge on any atom is 0.311 e. The zero-order valence-electron chi connectivity index (χ0n) is 6.54. The smallest absolute Gasteiger partial charge is 0.311 e. The summed E-state index contributed by atoms with van der Waals surface area (Å²) in [6.45, 7) is 2.24. The van der Waals surface area contributed by atoms with E-state index < -0.39 is 0 Å². The number of carbonyl (C=O) groups excluding carboxylic acids is 1. The van der Waals surface area contributed by atoms with Crippen LogP contribution in [0, 0.1) is 3.01 Å². The molecule has 0 saturated heterocycles. The number of hydrogen-bond acceptors (Lipinski definition) is 4. The Kier molecular flexibility index (Phi) is 3.93. The minimum atomic E-state index is -0.183. The van der Waals surface area contributed by atoms with E-state index in [1.807, 2.05) is 0 Å². The molecule has 0 aliphatic carbocycles. The van der Waals surface area contributed by atoms with E-state index in [2.05, 4.69) is 27.6 Å². The van der Waals surface area contributed by atoms with Crippen LogP contribution in [0.2, 0.25) is 0 Å². The molecule has 0 saturated carbocycles. The lowest BCUT2D eigenvalue weighted by atomic mass is 10.4. The zero-order chi connectivity index (χ0) is 8.97. The number of thiazole rings is 1. The number of nitrogens with zero attached hydrogens (tertiary/aromatic N) is 1. The molecule has 0 atom stereocenters. The number of esters is 1. The van der Waals surface area contributed by atoms with Gasteiger partial charge in [0.05, 0.1) is 13.0 Å². The first-order valence-electron chi connectivity index (χ1n) is 3.48. The molecule has 0 aliphatic rings. The van der Waals surface area contributed by atoms with Crippen molar-refractivity contribution in [3.05, 3.63) is 14.1 Å². The van der Waals surface area contributed by atoms with Crippen molar-refractivity contribution in [2.45, 2.75) is 13.3 Å². The van der Waals surface area contributed by atoms with Crippen LogP contribution in [0.25, 0.3) is 0 Å². The average Bonchev–Trinajstić information content (AvgIpc) is 2.36. The summed E-state index contributed by atoms with van der Waals surface area (Å²) in [6.07, 6.45) is 2.05. The van der Waals surface area contributed by atoms with Gasteiger partial charge in [-0.05, 0) is 29.5 Å². The van der Waals surface area contributed by atoms with Crippen LogP contribution in [0.1, 0.15) is 11.8 Å². The van der Waals surface area contributed by atoms with Crippen molar-refractivity contribution >= 4 is 39.9 Å². The predicted octanol–water partition coefficient (Wildman–Crippen LogP) is 1.85. The molecular weight excluding hydrogens is 289 g/mol. The fourth-order valence-corrected chi connectivity index (χ4v) is 2.32. The summed E-state index contributed by atoms with van der Waals surface area (Å²) in [7, 11) is 0. The highest BCUT2D eigenvalue weighted by Gasteiger charge is 2.06. The molecule has 0 bridgehead atoms. The lowest BCUT2D eigenvalue weighted by Gasteiger charge is -1.97. The Morgan fingerprint density at radius 3 is 3.08 bits per heavy atom. The van der Waals surface area contributed by atoms with Crippen LogP contribution in [-0.4, -0.2) is 17.6 Å². The minimum absolute atomic E-state index is 0.183. The summed E-state index contributed by atoms with van der Waals surface area (Å²) in [5.41, 5.74) is 0. The van der Waals surface area contributed by atoms with Crippen molar-refractivity contribution in [3.8, 4) is 0 Å². The number of rotatable bonds is 3. The van der Waals surface area contributed by atoms with E-state index in [9.17, 15) is 4.79 Å². The van der Waals surface area contributed by atoms with Crippen LogP contribution >= 0.6 is 33.9 Å². The Morgan fingerprint density at radius 1 is 1.83 bits per heavy atom. The van der Waals surface area contributed by atoms with E-state index >= 15 is 0 Å². The van der Waals surface area contributed by atoms with Crippen LogP contribution < -0.4 is 0 Å². The summed E-state index contributed by atoms with van der Waals surface area (Å²) in [4.78, 5) is 16.0. The van der Waals surface area contributed by atoms with Gasteiger partial charge in [0.2, 0.25) is 0 Å². The van der Waals surface area contributed by atoms with Crippen molar-refractivity contribution in [2.24, 2.45) is 0 Å². The third kappa shape index (κ3) is 3.06. The molecule has 66 valence electrons. The molecule has 0 spiro atoms. The zero-order valence-corrected chi connectivity index (χ0v) is 9.52. The lowest BCUT2D eigenvalue weighted by molar-refractivity contribution is -0.142. The Bertz CT molecular complexity index is 274. The molecule has 1 rings (SSSR count). The molecule has 1 heterocycles. The van der Waals surface area contributed by atoms with Crippen LogP contribution in [0.15, 0.2) is 6.20 Å². The number of hydrogen-bond donors (Lipinski definition) is 0. The van der Waals surface area contributed by atoms with Crippen LogP contribution in [0.5, 0.6) is 0 Å². The van der Waals surface area contributed by atoms with Crippen LogP contribution in [0.4, 0.5) is 0 Å². The van der Waals surface area contributed by atoms with Gasteiger partial charge in [0, 0.05) is 11.1 Å². The van der Waals surface area contributed by atoms with Gasteiger partial charge in [-0.15, -0.1) is 11.3 Å². The van der Waals surface area contributed by atoms with Gasteiger partial charge in [0.15, 0.2) is 3.01 Å². The number of ether oxygens (including phenoxy) is 1. The molecule has 12 heavy (non-hydrogen) atoms. The van der Waals surface area contributed by atoms with Gasteiger partial charge < -0.3 is 4.74 Å². The molecule has 1 aromatic heterocycles. The number of aromatic nitrogens is 1. The van der Waals surface area contributed by atoms with Crippen molar-refractivity contribution < 1.29 is 9.53 Å². The first kappa shape index (κ1) is 9.91. The number of halogens is 1. The Hall–Kier alpha value is -0.170. The van der Waals surface area contributed by atoms with Gasteiger partial charge in [-0.25, -0.2) is 4.98 Å². The SMILES string of the molecule is CCOC(=O)Cc1cnc(I)s1. The molecule has 0 amide bonds. The van der Waals surface area contributed by atoms with E-state index in [4.69, 9.17) is 4.74 Å². The molecule has 0 aliphatic heterocycles. The molecule has 5 heteroatoms. The second kappa shape index (κ2) is 4.76. The third-order valence-corrected chi connectivity index (χ3v) is 2.87. The van der Waals surface area contributed by atoms with Crippen molar-refractivity contribution in [1.82, 2.24) is 4.98 Å². The molecule has 0 aromatic carbocycles.